The average Bonchev–Trinajstić information content (AvgIpc) is 2.72. The molecule has 0 radical (unpaired) electrons. The van der Waals surface area contributed by atoms with E-state index in [0.717, 1.165) is 17.7 Å². The van der Waals surface area contributed by atoms with Crippen molar-refractivity contribution >= 4 is 27.3 Å². The summed E-state index contributed by atoms with van der Waals surface area (Å²) in [5.41, 5.74) is 1.73. The normalized spacial score (nSPS) is 16.2. The van der Waals surface area contributed by atoms with Crippen LogP contribution in [0, 0.1) is 24.4 Å². The molecular weight excluding hydrogens is 459 g/mol. The van der Waals surface area contributed by atoms with E-state index in [1.165, 1.54) is 28.6 Å². The van der Waals surface area contributed by atoms with Gasteiger partial charge in [-0.3, -0.25) is 4.31 Å². The van der Waals surface area contributed by atoms with Gasteiger partial charge in [0, 0.05) is 16.6 Å². The largest absolute Gasteiger partial charge is 0.264 e. The number of halogens is 4. The van der Waals surface area contributed by atoms with Crippen molar-refractivity contribution in [1.82, 2.24) is 0 Å². The number of sulfonamides is 1. The van der Waals surface area contributed by atoms with E-state index < -0.39 is 33.5 Å². The van der Waals surface area contributed by atoms with Crippen molar-refractivity contribution in [2.45, 2.75) is 43.5 Å². The first-order chi connectivity index (χ1) is 15.2. The quantitative estimate of drug-likeness (QED) is 0.436. The van der Waals surface area contributed by atoms with Gasteiger partial charge >= 0.3 is 0 Å². The lowest BCUT2D eigenvalue weighted by atomic mass is 9.93. The number of hydrogen-bond acceptors (Lipinski definition) is 2. The van der Waals surface area contributed by atoms with Gasteiger partial charge in [-0.2, -0.15) is 0 Å². The predicted octanol–water partition coefficient (Wildman–Crippen LogP) is 6.21. The lowest BCUT2D eigenvalue weighted by Crippen LogP contribution is -2.44. The van der Waals surface area contributed by atoms with Crippen LogP contribution in [0.3, 0.4) is 0 Å². The molecule has 3 nitrogen and oxygen atoms in total. The zero-order chi connectivity index (χ0) is 23.0. The van der Waals surface area contributed by atoms with Crippen LogP contribution in [0.25, 0.3) is 0 Å². The van der Waals surface area contributed by atoms with Crippen molar-refractivity contribution in [2.24, 2.45) is 0 Å². The van der Waals surface area contributed by atoms with Crippen LogP contribution < -0.4 is 4.31 Å². The van der Waals surface area contributed by atoms with Crippen LogP contribution in [-0.4, -0.2) is 14.5 Å². The van der Waals surface area contributed by atoms with Crippen molar-refractivity contribution < 1.29 is 21.6 Å². The molecule has 8 heteroatoms. The number of anilines is 1. The molecule has 1 aliphatic rings. The Bertz CT molecular complexity index is 1240. The molecule has 1 aliphatic heterocycles. The Hall–Kier alpha value is -2.51. The Morgan fingerprint density at radius 2 is 1.66 bits per heavy atom. The van der Waals surface area contributed by atoms with Crippen LogP contribution in [-0.2, 0) is 22.9 Å². The summed E-state index contributed by atoms with van der Waals surface area (Å²) in [5.74, 6) is -2.10. The van der Waals surface area contributed by atoms with E-state index in [-0.39, 0.29) is 34.0 Å². The van der Waals surface area contributed by atoms with Gasteiger partial charge < -0.3 is 0 Å². The minimum atomic E-state index is -4.03. The second-order valence-electron chi connectivity index (χ2n) is 7.97. The maximum Gasteiger partial charge on any atom is 0.264 e. The molecule has 3 aromatic carbocycles. The zero-order valence-corrected chi connectivity index (χ0v) is 18.9. The van der Waals surface area contributed by atoms with E-state index in [1.54, 1.807) is 18.2 Å². The smallest absolute Gasteiger partial charge is 0.263 e. The maximum atomic E-state index is 14.3. The zero-order valence-electron chi connectivity index (χ0n) is 17.3. The summed E-state index contributed by atoms with van der Waals surface area (Å²) in [6.45, 7) is 1.85. The fourth-order valence-corrected chi connectivity index (χ4v) is 6.05. The molecule has 0 bridgehead atoms. The first-order valence-electron chi connectivity index (χ1n) is 10.2. The number of rotatable bonds is 5. The van der Waals surface area contributed by atoms with Gasteiger partial charge in [0.1, 0.15) is 17.5 Å². The number of benzene rings is 3. The van der Waals surface area contributed by atoms with E-state index in [2.05, 4.69) is 0 Å². The standard InChI is InChI=1S/C24H21ClF3NO2S/c1-15-2-9-20(10-3-15)32(30,31)29-19(7-5-16-4-6-18(26)14-24(16)29)8-11-21-22(27)12-17(25)13-23(21)28/h2-4,6,9-10,12-14,19H,5,7-8,11H2,1H3. The summed E-state index contributed by atoms with van der Waals surface area (Å²) in [6, 6.07) is 12.0. The molecule has 4 rings (SSSR count). The minimum absolute atomic E-state index is 0.0237. The Morgan fingerprint density at radius 3 is 2.31 bits per heavy atom. The fraction of sp³-hybridized carbons (Fsp3) is 0.250. The van der Waals surface area contributed by atoms with Gasteiger partial charge in [0.2, 0.25) is 0 Å². The molecule has 1 heterocycles. The Balaban J connectivity index is 1.74. The molecule has 0 aromatic heterocycles. The molecule has 168 valence electrons. The first-order valence-corrected chi connectivity index (χ1v) is 12.0. The summed E-state index contributed by atoms with van der Waals surface area (Å²) >= 11 is 5.70. The third-order valence-corrected chi connectivity index (χ3v) is 7.87. The SMILES string of the molecule is Cc1ccc(S(=O)(=O)N2c3cc(F)ccc3CCC2CCc2c(F)cc(Cl)cc2F)cc1. The van der Waals surface area contributed by atoms with Crippen LogP contribution in [0.5, 0.6) is 0 Å². The molecule has 0 saturated carbocycles. The van der Waals surface area contributed by atoms with Gasteiger partial charge in [-0.1, -0.05) is 35.4 Å². The highest BCUT2D eigenvalue weighted by atomic mass is 35.5. The van der Waals surface area contributed by atoms with Crippen molar-refractivity contribution in [3.8, 4) is 0 Å². The topological polar surface area (TPSA) is 37.4 Å². The van der Waals surface area contributed by atoms with Crippen LogP contribution >= 0.6 is 11.6 Å². The Labute approximate surface area is 190 Å². The molecule has 3 aromatic rings. The molecule has 1 atom stereocenters. The second-order valence-corrected chi connectivity index (χ2v) is 10.2. The number of hydrogen-bond donors (Lipinski definition) is 0. The van der Waals surface area contributed by atoms with Gasteiger partial charge in [-0.05, 0) is 74.6 Å². The number of aryl methyl sites for hydroxylation is 2. The molecule has 0 aliphatic carbocycles. The summed E-state index contributed by atoms with van der Waals surface area (Å²) in [7, 11) is -4.03. The van der Waals surface area contributed by atoms with Gasteiger partial charge in [-0.15, -0.1) is 0 Å². The third-order valence-electron chi connectivity index (χ3n) is 5.77. The van der Waals surface area contributed by atoms with E-state index in [1.807, 2.05) is 6.92 Å². The van der Waals surface area contributed by atoms with Crippen LogP contribution in [0.15, 0.2) is 59.5 Å². The van der Waals surface area contributed by atoms with Crippen molar-refractivity contribution in [3.05, 3.63) is 93.8 Å². The molecule has 0 saturated heterocycles. The second kappa shape index (κ2) is 8.79. The fourth-order valence-electron chi connectivity index (χ4n) is 4.12. The average molecular weight is 480 g/mol. The highest BCUT2D eigenvalue weighted by Crippen LogP contribution is 2.38. The number of fused-ring (bicyclic) bond motifs is 1. The highest BCUT2D eigenvalue weighted by molar-refractivity contribution is 7.92. The Kier molecular flexibility index (Phi) is 6.23. The van der Waals surface area contributed by atoms with Crippen LogP contribution in [0.4, 0.5) is 18.9 Å². The summed E-state index contributed by atoms with van der Waals surface area (Å²) in [4.78, 5) is 0.0778. The van der Waals surface area contributed by atoms with E-state index in [9.17, 15) is 21.6 Å². The summed E-state index contributed by atoms with van der Waals surface area (Å²) < 4.78 is 71.1. The summed E-state index contributed by atoms with van der Waals surface area (Å²) in [6.07, 6.45) is 1.12. The van der Waals surface area contributed by atoms with Crippen LogP contribution in [0.2, 0.25) is 5.02 Å². The monoisotopic (exact) mass is 479 g/mol. The van der Waals surface area contributed by atoms with Gasteiger partial charge in [0.15, 0.2) is 0 Å². The van der Waals surface area contributed by atoms with Gasteiger partial charge in [0.25, 0.3) is 10.0 Å². The van der Waals surface area contributed by atoms with E-state index in [0.29, 0.717) is 18.4 Å². The summed E-state index contributed by atoms with van der Waals surface area (Å²) in [5, 5.41) is -0.0469. The predicted molar refractivity (Wildman–Crippen MR) is 119 cm³/mol. The van der Waals surface area contributed by atoms with Crippen molar-refractivity contribution in [3.63, 3.8) is 0 Å². The molecule has 32 heavy (non-hydrogen) atoms. The third kappa shape index (κ3) is 4.36. The molecule has 0 N–H and O–H groups in total. The van der Waals surface area contributed by atoms with Gasteiger partial charge in [0.05, 0.1) is 10.6 Å². The van der Waals surface area contributed by atoms with E-state index >= 15 is 0 Å². The minimum Gasteiger partial charge on any atom is -0.263 e. The maximum absolute atomic E-state index is 14.3. The number of nitrogens with zero attached hydrogens (tertiary/aromatic N) is 1. The lowest BCUT2D eigenvalue weighted by molar-refractivity contribution is 0.502. The highest BCUT2D eigenvalue weighted by Gasteiger charge is 2.36. The molecule has 0 spiro atoms. The van der Waals surface area contributed by atoms with E-state index in [4.69, 9.17) is 11.6 Å². The first kappa shape index (κ1) is 22.7. The van der Waals surface area contributed by atoms with Crippen LogP contribution in [0.1, 0.15) is 29.5 Å². The molecule has 1 unspecified atom stereocenters. The molecule has 0 amide bonds. The van der Waals surface area contributed by atoms with Crippen molar-refractivity contribution in [2.75, 3.05) is 4.31 Å². The van der Waals surface area contributed by atoms with Gasteiger partial charge in [-0.25, -0.2) is 21.6 Å². The molecular formula is C24H21ClF3NO2S. The lowest BCUT2D eigenvalue weighted by Gasteiger charge is -2.38. The molecule has 0 fully saturated rings. The van der Waals surface area contributed by atoms with Crippen molar-refractivity contribution in [1.29, 1.82) is 0 Å². The Morgan fingerprint density at radius 1 is 1.00 bits per heavy atom.